The van der Waals surface area contributed by atoms with Crippen molar-refractivity contribution in [3.63, 3.8) is 0 Å². The van der Waals surface area contributed by atoms with E-state index >= 15 is 0 Å². The van der Waals surface area contributed by atoms with E-state index in [1.807, 2.05) is 0 Å². The van der Waals surface area contributed by atoms with Crippen LogP contribution in [0.4, 0.5) is 4.39 Å². The molecule has 84 valence electrons. The second-order valence-electron chi connectivity index (χ2n) is 4.23. The number of nitrogens with zero attached hydrogens (tertiary/aromatic N) is 1. The molecule has 15 heavy (non-hydrogen) atoms. The van der Waals surface area contributed by atoms with Crippen molar-refractivity contribution in [2.45, 2.75) is 38.9 Å². The molecule has 0 bridgehead atoms. The number of hydrogen-bond donors (Lipinski definition) is 1. The summed E-state index contributed by atoms with van der Waals surface area (Å²) in [6.07, 6.45) is 2.15. The number of carbonyl (C=O) groups is 1. The molecule has 0 amide bonds. The van der Waals surface area contributed by atoms with Crippen LogP contribution in [0.25, 0.3) is 0 Å². The van der Waals surface area contributed by atoms with Crippen molar-refractivity contribution in [3.05, 3.63) is 24.0 Å². The molecule has 1 aromatic rings. The number of aromatic nitrogens is 1. The standard InChI is InChI=1S/C11H16FNO2/c1-11(2,12)5-7-13-6-3-4-9(13)8-10(14)15/h3-4,6H,5,7-8H2,1-2H3,(H,14,15). The molecule has 0 radical (unpaired) electrons. The number of aliphatic carboxylic acids is 1. The van der Waals surface area contributed by atoms with E-state index < -0.39 is 11.6 Å². The van der Waals surface area contributed by atoms with Crippen LogP contribution in [-0.2, 0) is 17.8 Å². The Hall–Kier alpha value is -1.32. The van der Waals surface area contributed by atoms with Crippen LogP contribution in [0.3, 0.4) is 0 Å². The van der Waals surface area contributed by atoms with Gasteiger partial charge in [-0.2, -0.15) is 0 Å². The lowest BCUT2D eigenvalue weighted by Gasteiger charge is -2.15. The summed E-state index contributed by atoms with van der Waals surface area (Å²) in [6.45, 7) is 3.56. The Bertz CT molecular complexity index is 339. The van der Waals surface area contributed by atoms with E-state index in [0.717, 1.165) is 0 Å². The van der Waals surface area contributed by atoms with Crippen LogP contribution in [0.5, 0.6) is 0 Å². The van der Waals surface area contributed by atoms with Crippen molar-refractivity contribution in [3.8, 4) is 0 Å². The summed E-state index contributed by atoms with van der Waals surface area (Å²) in [7, 11) is 0. The van der Waals surface area contributed by atoms with E-state index in [9.17, 15) is 9.18 Å². The Labute approximate surface area is 88.5 Å². The van der Waals surface area contributed by atoms with Gasteiger partial charge in [-0.25, -0.2) is 4.39 Å². The lowest BCUT2D eigenvalue weighted by Crippen LogP contribution is -2.17. The van der Waals surface area contributed by atoms with Crippen molar-refractivity contribution in [2.75, 3.05) is 0 Å². The average molecular weight is 213 g/mol. The number of rotatable bonds is 5. The van der Waals surface area contributed by atoms with E-state index in [-0.39, 0.29) is 6.42 Å². The number of carboxylic acid groups (broad SMARTS) is 1. The normalized spacial score (nSPS) is 11.7. The van der Waals surface area contributed by atoms with Gasteiger partial charge in [0.2, 0.25) is 0 Å². The van der Waals surface area contributed by atoms with Crippen molar-refractivity contribution >= 4 is 5.97 Å². The van der Waals surface area contributed by atoms with Crippen LogP contribution in [0.2, 0.25) is 0 Å². The third-order valence-electron chi connectivity index (χ3n) is 2.20. The molecule has 0 aliphatic rings. The van der Waals surface area contributed by atoms with Crippen molar-refractivity contribution in [1.29, 1.82) is 0 Å². The first-order chi connectivity index (χ1) is 6.88. The Kier molecular flexibility index (Phi) is 3.50. The molecule has 0 atom stereocenters. The third kappa shape index (κ3) is 4.14. The molecular weight excluding hydrogens is 197 g/mol. The number of hydrogen-bond acceptors (Lipinski definition) is 1. The van der Waals surface area contributed by atoms with Gasteiger partial charge in [-0.15, -0.1) is 0 Å². The maximum Gasteiger partial charge on any atom is 0.309 e. The van der Waals surface area contributed by atoms with Crippen LogP contribution >= 0.6 is 0 Å². The van der Waals surface area contributed by atoms with E-state index in [4.69, 9.17) is 5.11 Å². The zero-order chi connectivity index (χ0) is 11.5. The molecule has 0 fully saturated rings. The monoisotopic (exact) mass is 213 g/mol. The summed E-state index contributed by atoms with van der Waals surface area (Å²) in [4.78, 5) is 10.5. The minimum atomic E-state index is -1.22. The Morgan fingerprint density at radius 2 is 2.27 bits per heavy atom. The van der Waals surface area contributed by atoms with E-state index in [1.54, 1.807) is 22.9 Å². The molecule has 0 saturated heterocycles. The summed E-state index contributed by atoms with van der Waals surface area (Å²) in [6, 6.07) is 3.53. The summed E-state index contributed by atoms with van der Waals surface area (Å²) in [5.41, 5.74) is -0.503. The predicted octanol–water partition coefficient (Wildman–Crippen LogP) is 2.25. The van der Waals surface area contributed by atoms with E-state index in [1.165, 1.54) is 13.8 Å². The highest BCUT2D eigenvalue weighted by Crippen LogP contribution is 2.16. The molecule has 0 saturated carbocycles. The van der Waals surface area contributed by atoms with Gasteiger partial charge in [0.15, 0.2) is 0 Å². The molecule has 0 aliphatic heterocycles. The van der Waals surface area contributed by atoms with E-state index in [2.05, 4.69) is 0 Å². The molecular formula is C11H16FNO2. The molecule has 1 rings (SSSR count). The summed E-state index contributed by atoms with van der Waals surface area (Å²) in [5.74, 6) is -0.866. The predicted molar refractivity (Wildman–Crippen MR) is 55.6 cm³/mol. The number of alkyl halides is 1. The average Bonchev–Trinajstić information content (AvgIpc) is 2.46. The van der Waals surface area contributed by atoms with E-state index in [0.29, 0.717) is 18.7 Å². The Morgan fingerprint density at radius 3 is 2.80 bits per heavy atom. The molecule has 1 heterocycles. The number of aryl methyl sites for hydroxylation is 1. The number of halogens is 1. The fraction of sp³-hybridized carbons (Fsp3) is 0.545. The van der Waals surface area contributed by atoms with Gasteiger partial charge in [0.1, 0.15) is 5.67 Å². The van der Waals surface area contributed by atoms with Gasteiger partial charge in [0.25, 0.3) is 0 Å². The maximum absolute atomic E-state index is 13.2. The minimum absolute atomic E-state index is 0.0142. The van der Waals surface area contributed by atoms with Crippen LogP contribution < -0.4 is 0 Å². The van der Waals surface area contributed by atoms with Crippen LogP contribution in [0.1, 0.15) is 26.0 Å². The van der Waals surface area contributed by atoms with Gasteiger partial charge >= 0.3 is 5.97 Å². The molecule has 1 aromatic heterocycles. The second kappa shape index (κ2) is 4.47. The highest BCUT2D eigenvalue weighted by Gasteiger charge is 2.16. The molecule has 4 heteroatoms. The van der Waals surface area contributed by atoms with Crippen molar-refractivity contribution in [1.82, 2.24) is 4.57 Å². The van der Waals surface area contributed by atoms with Gasteiger partial charge in [0.05, 0.1) is 6.42 Å². The van der Waals surface area contributed by atoms with Crippen LogP contribution in [0.15, 0.2) is 18.3 Å². The first-order valence-corrected chi connectivity index (χ1v) is 4.93. The lowest BCUT2D eigenvalue weighted by atomic mass is 10.1. The van der Waals surface area contributed by atoms with Gasteiger partial charge in [-0.3, -0.25) is 4.79 Å². The first-order valence-electron chi connectivity index (χ1n) is 4.93. The second-order valence-corrected chi connectivity index (χ2v) is 4.23. The highest BCUT2D eigenvalue weighted by atomic mass is 19.1. The Morgan fingerprint density at radius 1 is 1.60 bits per heavy atom. The molecule has 0 aliphatic carbocycles. The molecule has 0 unspecified atom stereocenters. The number of carboxylic acids is 1. The van der Waals surface area contributed by atoms with Gasteiger partial charge < -0.3 is 9.67 Å². The highest BCUT2D eigenvalue weighted by molar-refractivity contribution is 5.69. The topological polar surface area (TPSA) is 42.2 Å². The molecule has 0 aromatic carbocycles. The largest absolute Gasteiger partial charge is 0.481 e. The zero-order valence-corrected chi connectivity index (χ0v) is 9.03. The smallest absolute Gasteiger partial charge is 0.309 e. The Balaban J connectivity index is 2.61. The fourth-order valence-corrected chi connectivity index (χ4v) is 1.37. The quantitative estimate of drug-likeness (QED) is 0.815. The fourth-order valence-electron chi connectivity index (χ4n) is 1.37. The summed E-state index contributed by atoms with van der Waals surface area (Å²) in [5, 5.41) is 8.65. The van der Waals surface area contributed by atoms with Gasteiger partial charge in [-0.05, 0) is 32.4 Å². The summed E-state index contributed by atoms with van der Waals surface area (Å²) < 4.78 is 15.0. The first kappa shape index (κ1) is 11.8. The van der Waals surface area contributed by atoms with Crippen LogP contribution in [0, 0.1) is 0 Å². The van der Waals surface area contributed by atoms with Gasteiger partial charge in [0, 0.05) is 18.4 Å². The maximum atomic E-state index is 13.2. The molecule has 1 N–H and O–H groups in total. The molecule has 0 spiro atoms. The van der Waals surface area contributed by atoms with Crippen LogP contribution in [-0.4, -0.2) is 21.3 Å². The third-order valence-corrected chi connectivity index (χ3v) is 2.20. The summed E-state index contributed by atoms with van der Waals surface area (Å²) >= 11 is 0. The molecule has 3 nitrogen and oxygen atoms in total. The zero-order valence-electron chi connectivity index (χ0n) is 9.03. The van der Waals surface area contributed by atoms with Crippen molar-refractivity contribution < 1.29 is 14.3 Å². The SMILES string of the molecule is CC(C)(F)CCn1cccc1CC(=O)O. The minimum Gasteiger partial charge on any atom is -0.481 e. The van der Waals surface area contributed by atoms with Gasteiger partial charge in [-0.1, -0.05) is 0 Å². The lowest BCUT2D eigenvalue weighted by molar-refractivity contribution is -0.136. The van der Waals surface area contributed by atoms with Crippen molar-refractivity contribution in [2.24, 2.45) is 0 Å².